The molecule has 0 radical (unpaired) electrons. The van der Waals surface area contributed by atoms with E-state index in [0.29, 0.717) is 35.9 Å². The minimum atomic E-state index is -4.37. The Bertz CT molecular complexity index is 909. The Labute approximate surface area is 177 Å². The van der Waals surface area contributed by atoms with Gasteiger partial charge in [-0.2, -0.15) is 13.2 Å². The minimum Gasteiger partial charge on any atom is -0.491 e. The largest absolute Gasteiger partial charge is 0.491 e. The summed E-state index contributed by atoms with van der Waals surface area (Å²) in [5, 5.41) is 0. The molecule has 0 bridgehead atoms. The standard InChI is InChI=1S/C22H20F3NO3S/c1-2-16-4-3-5-18(12-16)29-14-19-13-26(10-11-28-19)21(27)15-30-20-8-6-17(7-9-20)22(23,24)25/h1,3-9,12,19H,10-11,13-15H2. The average Bonchev–Trinajstić information content (AvgIpc) is 2.76. The van der Waals surface area contributed by atoms with Crippen LogP contribution >= 0.6 is 11.8 Å². The number of carbonyl (C=O) groups excluding carboxylic acids is 1. The smallest absolute Gasteiger partial charge is 0.416 e. The number of thioether (sulfide) groups is 1. The maximum absolute atomic E-state index is 12.6. The van der Waals surface area contributed by atoms with Crippen LogP contribution in [-0.2, 0) is 15.7 Å². The van der Waals surface area contributed by atoms with Gasteiger partial charge in [0.25, 0.3) is 0 Å². The zero-order chi connectivity index (χ0) is 21.6. The van der Waals surface area contributed by atoms with Gasteiger partial charge < -0.3 is 14.4 Å². The van der Waals surface area contributed by atoms with E-state index in [-0.39, 0.29) is 24.4 Å². The Morgan fingerprint density at radius 3 is 2.73 bits per heavy atom. The van der Waals surface area contributed by atoms with Gasteiger partial charge in [0.05, 0.1) is 24.5 Å². The summed E-state index contributed by atoms with van der Waals surface area (Å²) in [5.74, 6) is 3.22. The molecule has 1 saturated heterocycles. The Balaban J connectivity index is 1.47. The van der Waals surface area contributed by atoms with Crippen LogP contribution in [0.15, 0.2) is 53.4 Å². The van der Waals surface area contributed by atoms with Crippen molar-refractivity contribution in [3.63, 3.8) is 0 Å². The second-order valence-electron chi connectivity index (χ2n) is 6.63. The fourth-order valence-corrected chi connectivity index (χ4v) is 3.69. The summed E-state index contributed by atoms with van der Waals surface area (Å²) < 4.78 is 49.3. The second kappa shape index (κ2) is 9.92. The number of hydrogen-bond donors (Lipinski definition) is 0. The third-order valence-corrected chi connectivity index (χ3v) is 5.47. The molecule has 0 aliphatic carbocycles. The molecule has 8 heteroatoms. The van der Waals surface area contributed by atoms with Crippen molar-refractivity contribution in [2.75, 3.05) is 32.1 Å². The van der Waals surface area contributed by atoms with Crippen LogP contribution in [0.25, 0.3) is 0 Å². The first-order valence-corrected chi connectivity index (χ1v) is 10.2. The summed E-state index contributed by atoms with van der Waals surface area (Å²) >= 11 is 1.21. The van der Waals surface area contributed by atoms with Crippen LogP contribution in [0, 0.1) is 12.3 Å². The lowest BCUT2D eigenvalue weighted by Crippen LogP contribution is -2.48. The molecule has 1 amide bonds. The third-order valence-electron chi connectivity index (χ3n) is 4.47. The van der Waals surface area contributed by atoms with Crippen LogP contribution in [-0.4, -0.2) is 49.0 Å². The first kappa shape index (κ1) is 22.1. The molecule has 0 N–H and O–H groups in total. The van der Waals surface area contributed by atoms with Crippen molar-refractivity contribution >= 4 is 17.7 Å². The first-order chi connectivity index (χ1) is 14.3. The lowest BCUT2D eigenvalue weighted by atomic mass is 10.2. The molecular weight excluding hydrogens is 415 g/mol. The number of ether oxygens (including phenoxy) is 2. The van der Waals surface area contributed by atoms with Gasteiger partial charge in [-0.15, -0.1) is 18.2 Å². The Morgan fingerprint density at radius 1 is 1.27 bits per heavy atom. The predicted octanol–water partition coefficient (Wildman–Crippen LogP) is 4.09. The number of amides is 1. The quantitative estimate of drug-likeness (QED) is 0.506. The summed E-state index contributed by atoms with van der Waals surface area (Å²) in [6.45, 7) is 1.54. The minimum absolute atomic E-state index is 0.0949. The van der Waals surface area contributed by atoms with Crippen molar-refractivity contribution in [2.24, 2.45) is 0 Å². The van der Waals surface area contributed by atoms with Crippen molar-refractivity contribution < 1.29 is 27.4 Å². The fourth-order valence-electron chi connectivity index (χ4n) is 2.89. The van der Waals surface area contributed by atoms with E-state index in [0.717, 1.165) is 12.1 Å². The Morgan fingerprint density at radius 2 is 2.03 bits per heavy atom. The molecule has 0 aromatic heterocycles. The number of morpholine rings is 1. The topological polar surface area (TPSA) is 38.8 Å². The van der Waals surface area contributed by atoms with E-state index >= 15 is 0 Å². The number of benzene rings is 2. The van der Waals surface area contributed by atoms with Crippen molar-refractivity contribution in [1.82, 2.24) is 4.90 Å². The number of nitrogens with zero attached hydrogens (tertiary/aromatic N) is 1. The Kier molecular flexibility index (Phi) is 7.29. The van der Waals surface area contributed by atoms with Crippen molar-refractivity contribution in [1.29, 1.82) is 0 Å². The molecule has 2 aromatic carbocycles. The number of alkyl halides is 3. The highest BCUT2D eigenvalue weighted by atomic mass is 32.2. The molecule has 1 aliphatic rings. The summed E-state index contributed by atoms with van der Waals surface area (Å²) in [6, 6.07) is 12.0. The van der Waals surface area contributed by atoms with E-state index in [1.165, 1.54) is 23.9 Å². The maximum atomic E-state index is 12.6. The highest BCUT2D eigenvalue weighted by molar-refractivity contribution is 8.00. The molecule has 2 aromatic rings. The lowest BCUT2D eigenvalue weighted by molar-refractivity contribution is -0.138. The molecule has 0 spiro atoms. The zero-order valence-electron chi connectivity index (χ0n) is 16.0. The van der Waals surface area contributed by atoms with Crippen molar-refractivity contribution in [2.45, 2.75) is 17.2 Å². The van der Waals surface area contributed by atoms with Gasteiger partial charge in [-0.05, 0) is 42.5 Å². The average molecular weight is 435 g/mol. The van der Waals surface area contributed by atoms with Crippen LogP contribution in [0.4, 0.5) is 13.2 Å². The molecule has 0 saturated carbocycles. The van der Waals surface area contributed by atoms with E-state index in [1.807, 2.05) is 0 Å². The molecule has 4 nitrogen and oxygen atoms in total. The van der Waals surface area contributed by atoms with E-state index < -0.39 is 11.7 Å². The fraction of sp³-hybridized carbons (Fsp3) is 0.318. The van der Waals surface area contributed by atoms with E-state index in [4.69, 9.17) is 15.9 Å². The van der Waals surface area contributed by atoms with Gasteiger partial charge in [-0.25, -0.2) is 0 Å². The molecule has 1 unspecified atom stereocenters. The highest BCUT2D eigenvalue weighted by Gasteiger charge is 2.30. The maximum Gasteiger partial charge on any atom is 0.416 e. The molecule has 158 valence electrons. The van der Waals surface area contributed by atoms with Crippen LogP contribution in [0.3, 0.4) is 0 Å². The number of hydrogen-bond acceptors (Lipinski definition) is 4. The SMILES string of the molecule is C#Cc1cccc(OCC2CN(C(=O)CSc3ccc(C(F)(F)F)cc3)CCO2)c1. The first-order valence-electron chi connectivity index (χ1n) is 9.24. The Hall–Kier alpha value is -2.63. The number of carbonyl (C=O) groups is 1. The van der Waals surface area contributed by atoms with E-state index in [2.05, 4.69) is 5.92 Å². The molecular formula is C22H20F3NO3S. The van der Waals surface area contributed by atoms with E-state index in [9.17, 15) is 18.0 Å². The normalized spacial score (nSPS) is 16.7. The molecule has 1 heterocycles. The van der Waals surface area contributed by atoms with Crippen LogP contribution in [0.5, 0.6) is 5.75 Å². The summed E-state index contributed by atoms with van der Waals surface area (Å²) in [6.07, 6.45) is 0.741. The molecule has 1 fully saturated rings. The molecule has 1 aliphatic heterocycles. The number of halogens is 3. The van der Waals surface area contributed by atoms with Gasteiger partial charge in [0.2, 0.25) is 5.91 Å². The van der Waals surface area contributed by atoms with Crippen molar-refractivity contribution in [3.05, 3.63) is 59.7 Å². The summed E-state index contributed by atoms with van der Waals surface area (Å²) in [4.78, 5) is 14.8. The van der Waals surface area contributed by atoms with Gasteiger partial charge in [0.15, 0.2) is 0 Å². The lowest BCUT2D eigenvalue weighted by Gasteiger charge is -2.32. The number of terminal acetylenes is 1. The zero-order valence-corrected chi connectivity index (χ0v) is 16.8. The van der Waals surface area contributed by atoms with Crippen LogP contribution in [0.2, 0.25) is 0 Å². The number of rotatable bonds is 6. The van der Waals surface area contributed by atoms with Gasteiger partial charge in [0.1, 0.15) is 18.5 Å². The van der Waals surface area contributed by atoms with Crippen LogP contribution in [0.1, 0.15) is 11.1 Å². The van der Waals surface area contributed by atoms with Gasteiger partial charge in [-0.3, -0.25) is 4.79 Å². The van der Waals surface area contributed by atoms with Gasteiger partial charge in [-0.1, -0.05) is 12.0 Å². The third kappa shape index (κ3) is 6.18. The monoisotopic (exact) mass is 435 g/mol. The van der Waals surface area contributed by atoms with Gasteiger partial charge >= 0.3 is 6.18 Å². The highest BCUT2D eigenvalue weighted by Crippen LogP contribution is 2.30. The molecule has 3 rings (SSSR count). The summed E-state index contributed by atoms with van der Waals surface area (Å²) in [7, 11) is 0. The van der Waals surface area contributed by atoms with Gasteiger partial charge in [0, 0.05) is 17.0 Å². The molecule has 30 heavy (non-hydrogen) atoms. The second-order valence-corrected chi connectivity index (χ2v) is 7.68. The predicted molar refractivity (Wildman–Crippen MR) is 108 cm³/mol. The van der Waals surface area contributed by atoms with Crippen LogP contribution < -0.4 is 4.74 Å². The summed E-state index contributed by atoms with van der Waals surface area (Å²) in [5.41, 5.74) is 0.0103. The molecule has 1 atom stereocenters. The van der Waals surface area contributed by atoms with E-state index in [1.54, 1.807) is 29.2 Å². The van der Waals surface area contributed by atoms with Crippen molar-refractivity contribution in [3.8, 4) is 18.1 Å².